The van der Waals surface area contributed by atoms with Gasteiger partial charge in [0.1, 0.15) is 13.3 Å². The summed E-state index contributed by atoms with van der Waals surface area (Å²) in [5, 5.41) is 11.7. The van der Waals surface area contributed by atoms with E-state index in [1.807, 2.05) is 63.4 Å². The van der Waals surface area contributed by atoms with Crippen LogP contribution in [0, 0.1) is 19.7 Å². The molecule has 0 saturated carbocycles. The molecule has 0 amide bonds. The normalized spacial score (nSPS) is 13.2. The smallest absolute Gasteiger partial charge is 0.165 e. The van der Waals surface area contributed by atoms with Crippen LogP contribution in [0.2, 0.25) is 0 Å². The van der Waals surface area contributed by atoms with Crippen LogP contribution in [-0.4, -0.2) is 23.7 Å². The molecule has 29 heavy (non-hydrogen) atoms. The molecule has 2 heterocycles. The fourth-order valence-electron chi connectivity index (χ4n) is 3.24. The maximum Gasteiger partial charge on any atom is 0.165 e. The molecule has 3 aromatic rings. The van der Waals surface area contributed by atoms with Crippen LogP contribution in [0.1, 0.15) is 16.8 Å². The van der Waals surface area contributed by atoms with Gasteiger partial charge >= 0.3 is 0 Å². The summed E-state index contributed by atoms with van der Waals surface area (Å²) in [6.45, 7) is 4.70. The highest BCUT2D eigenvalue weighted by Crippen LogP contribution is 2.30. The second-order valence-electron chi connectivity index (χ2n) is 7.05. The van der Waals surface area contributed by atoms with Crippen molar-refractivity contribution in [3.63, 3.8) is 0 Å². The van der Waals surface area contributed by atoms with Gasteiger partial charge in [0.2, 0.25) is 0 Å². The SMILES string of the molecule is Cc1cccc(-c2ccc(OCc3c(C)cccc3N3CN(C)N=N3)c(F)c2)n1. The van der Waals surface area contributed by atoms with Crippen molar-refractivity contribution in [2.24, 2.45) is 10.4 Å². The Morgan fingerprint density at radius 1 is 1.03 bits per heavy atom. The minimum Gasteiger partial charge on any atom is -0.486 e. The van der Waals surface area contributed by atoms with E-state index < -0.39 is 5.82 Å². The van der Waals surface area contributed by atoms with Crippen molar-refractivity contribution in [1.29, 1.82) is 0 Å². The zero-order chi connectivity index (χ0) is 20.4. The van der Waals surface area contributed by atoms with E-state index in [0.717, 1.165) is 33.8 Å². The molecular formula is C22H22FN5O. The Kier molecular flexibility index (Phi) is 5.12. The molecule has 0 saturated heterocycles. The molecule has 0 fully saturated rings. The lowest BCUT2D eigenvalue weighted by Gasteiger charge is -2.19. The average molecular weight is 391 g/mol. The van der Waals surface area contributed by atoms with Gasteiger partial charge in [-0.2, -0.15) is 0 Å². The van der Waals surface area contributed by atoms with Gasteiger partial charge in [-0.25, -0.2) is 9.40 Å². The standard InChI is InChI=1S/C22H22FN5O/c1-15-6-4-9-21(28-14-27(3)25-26-28)18(15)13-29-22-11-10-17(12-19(22)23)20-8-5-7-16(2)24-20/h4-12H,13-14H2,1-3H3. The molecule has 0 bridgehead atoms. The first kappa shape index (κ1) is 18.9. The first-order chi connectivity index (χ1) is 14.0. The minimum absolute atomic E-state index is 0.204. The van der Waals surface area contributed by atoms with Gasteiger partial charge in [0.15, 0.2) is 11.6 Å². The van der Waals surface area contributed by atoms with Gasteiger partial charge in [-0.3, -0.25) is 9.99 Å². The summed E-state index contributed by atoms with van der Waals surface area (Å²) in [6, 6.07) is 16.5. The summed E-state index contributed by atoms with van der Waals surface area (Å²) in [4.78, 5) is 4.44. The Morgan fingerprint density at radius 3 is 2.59 bits per heavy atom. The van der Waals surface area contributed by atoms with Crippen molar-refractivity contribution < 1.29 is 9.13 Å². The number of hydrogen-bond acceptors (Lipinski definition) is 6. The number of anilines is 1. The van der Waals surface area contributed by atoms with Crippen molar-refractivity contribution in [2.75, 3.05) is 18.7 Å². The maximum absolute atomic E-state index is 14.7. The molecule has 0 spiro atoms. The summed E-state index contributed by atoms with van der Waals surface area (Å²) in [7, 11) is 1.86. The van der Waals surface area contributed by atoms with Gasteiger partial charge in [-0.1, -0.05) is 23.4 Å². The molecule has 0 aliphatic carbocycles. The number of hydrogen-bond donors (Lipinski definition) is 0. The van der Waals surface area contributed by atoms with Crippen molar-refractivity contribution in [3.8, 4) is 17.0 Å². The Labute approximate surface area is 169 Å². The summed E-state index contributed by atoms with van der Waals surface area (Å²) in [5.41, 5.74) is 5.24. The van der Waals surface area contributed by atoms with Crippen molar-refractivity contribution >= 4 is 5.69 Å². The lowest BCUT2D eigenvalue weighted by atomic mass is 10.1. The molecular weight excluding hydrogens is 369 g/mol. The van der Waals surface area contributed by atoms with Crippen LogP contribution >= 0.6 is 0 Å². The average Bonchev–Trinajstić information content (AvgIpc) is 3.14. The molecule has 0 N–H and O–H groups in total. The Hall–Kier alpha value is -3.48. The molecule has 1 aromatic heterocycles. The topological polar surface area (TPSA) is 53.3 Å². The van der Waals surface area contributed by atoms with Gasteiger partial charge in [0, 0.05) is 23.9 Å². The number of ether oxygens (including phenoxy) is 1. The lowest BCUT2D eigenvalue weighted by Crippen LogP contribution is -2.23. The van der Waals surface area contributed by atoms with E-state index in [1.54, 1.807) is 16.1 Å². The Bertz CT molecular complexity index is 1070. The largest absolute Gasteiger partial charge is 0.486 e. The third-order valence-corrected chi connectivity index (χ3v) is 4.79. The summed E-state index contributed by atoms with van der Waals surface area (Å²) >= 11 is 0. The number of halogens is 1. The molecule has 0 unspecified atom stereocenters. The van der Waals surface area contributed by atoms with E-state index in [9.17, 15) is 4.39 Å². The van der Waals surface area contributed by atoms with Gasteiger partial charge < -0.3 is 4.74 Å². The third kappa shape index (κ3) is 4.03. The molecule has 148 valence electrons. The number of aryl methyl sites for hydroxylation is 2. The lowest BCUT2D eigenvalue weighted by molar-refractivity contribution is 0.289. The number of benzene rings is 2. The van der Waals surface area contributed by atoms with E-state index >= 15 is 0 Å². The third-order valence-electron chi connectivity index (χ3n) is 4.79. The summed E-state index contributed by atoms with van der Waals surface area (Å²) < 4.78 is 20.5. The predicted molar refractivity (Wildman–Crippen MR) is 110 cm³/mol. The van der Waals surface area contributed by atoms with E-state index in [2.05, 4.69) is 15.4 Å². The van der Waals surface area contributed by atoms with Crippen LogP contribution < -0.4 is 9.75 Å². The molecule has 4 rings (SSSR count). The highest BCUT2D eigenvalue weighted by Gasteiger charge is 2.19. The number of rotatable bonds is 5. The molecule has 7 heteroatoms. The summed E-state index contributed by atoms with van der Waals surface area (Å²) in [6.07, 6.45) is 0. The van der Waals surface area contributed by atoms with Crippen molar-refractivity contribution in [1.82, 2.24) is 9.99 Å². The number of aromatic nitrogens is 1. The highest BCUT2D eigenvalue weighted by molar-refractivity contribution is 5.61. The van der Waals surface area contributed by atoms with Crippen LogP contribution in [0.25, 0.3) is 11.3 Å². The zero-order valence-electron chi connectivity index (χ0n) is 16.6. The van der Waals surface area contributed by atoms with E-state index in [0.29, 0.717) is 6.67 Å². The molecule has 0 radical (unpaired) electrons. The predicted octanol–water partition coefficient (Wildman–Crippen LogP) is 5.08. The van der Waals surface area contributed by atoms with Gasteiger partial charge in [0.05, 0.1) is 11.4 Å². The Balaban J connectivity index is 1.55. The van der Waals surface area contributed by atoms with E-state index in [-0.39, 0.29) is 12.4 Å². The minimum atomic E-state index is -0.415. The molecule has 6 nitrogen and oxygen atoms in total. The van der Waals surface area contributed by atoms with Gasteiger partial charge in [0.25, 0.3) is 0 Å². The number of pyridine rings is 1. The quantitative estimate of drug-likeness (QED) is 0.609. The molecule has 0 atom stereocenters. The first-order valence-corrected chi connectivity index (χ1v) is 9.36. The van der Waals surface area contributed by atoms with Gasteiger partial charge in [-0.15, -0.1) is 0 Å². The fraction of sp³-hybridized carbons (Fsp3) is 0.227. The number of nitrogens with zero attached hydrogens (tertiary/aromatic N) is 5. The summed E-state index contributed by atoms with van der Waals surface area (Å²) in [5.74, 6) is -0.211. The van der Waals surface area contributed by atoms with Crippen LogP contribution in [0.3, 0.4) is 0 Å². The molecule has 2 aromatic carbocycles. The van der Waals surface area contributed by atoms with E-state index in [4.69, 9.17) is 4.74 Å². The maximum atomic E-state index is 14.7. The van der Waals surface area contributed by atoms with Crippen LogP contribution in [0.4, 0.5) is 10.1 Å². The molecule has 1 aliphatic rings. The second-order valence-corrected chi connectivity index (χ2v) is 7.05. The first-order valence-electron chi connectivity index (χ1n) is 9.36. The zero-order valence-corrected chi connectivity index (χ0v) is 16.6. The second kappa shape index (κ2) is 7.87. The van der Waals surface area contributed by atoms with Crippen LogP contribution in [-0.2, 0) is 6.61 Å². The Morgan fingerprint density at radius 2 is 1.86 bits per heavy atom. The van der Waals surface area contributed by atoms with Crippen molar-refractivity contribution in [2.45, 2.75) is 20.5 Å². The van der Waals surface area contributed by atoms with Gasteiger partial charge in [-0.05, 0) is 61.0 Å². The fourth-order valence-corrected chi connectivity index (χ4v) is 3.24. The van der Waals surface area contributed by atoms with Crippen LogP contribution in [0.15, 0.2) is 65.0 Å². The monoisotopic (exact) mass is 391 g/mol. The highest BCUT2D eigenvalue weighted by atomic mass is 19.1. The van der Waals surface area contributed by atoms with Crippen LogP contribution in [0.5, 0.6) is 5.75 Å². The molecule has 1 aliphatic heterocycles. The van der Waals surface area contributed by atoms with E-state index in [1.165, 1.54) is 6.07 Å². The van der Waals surface area contributed by atoms with Crippen molar-refractivity contribution in [3.05, 3.63) is 77.2 Å².